The molecule has 0 spiro atoms. The first-order chi connectivity index (χ1) is 9.13. The van der Waals surface area contributed by atoms with Crippen LogP contribution in [0.4, 0.5) is 5.82 Å². The Morgan fingerprint density at radius 2 is 2.00 bits per heavy atom. The predicted molar refractivity (Wildman–Crippen MR) is 74.3 cm³/mol. The van der Waals surface area contributed by atoms with E-state index >= 15 is 0 Å². The zero-order valence-electron chi connectivity index (χ0n) is 10.4. The van der Waals surface area contributed by atoms with Gasteiger partial charge in [0.25, 0.3) is 0 Å². The van der Waals surface area contributed by atoms with Crippen LogP contribution in [-0.2, 0) is 0 Å². The first-order valence-corrected chi connectivity index (χ1v) is 5.94. The molecule has 1 aliphatic rings. The summed E-state index contributed by atoms with van der Waals surface area (Å²) in [6.45, 7) is -0.256. The van der Waals surface area contributed by atoms with Gasteiger partial charge in [0.2, 0.25) is 0 Å². The van der Waals surface area contributed by atoms with Crippen molar-refractivity contribution in [1.29, 1.82) is 0 Å². The highest BCUT2D eigenvalue weighted by Crippen LogP contribution is 2.32. The zero-order chi connectivity index (χ0) is 13.6. The van der Waals surface area contributed by atoms with Crippen LogP contribution < -0.4 is 11.1 Å². The molecule has 0 amide bonds. The molecule has 4 atom stereocenters. The van der Waals surface area contributed by atoms with Crippen LogP contribution in [0.2, 0.25) is 0 Å². The van der Waals surface area contributed by atoms with Crippen LogP contribution in [0, 0.1) is 0 Å². The second kappa shape index (κ2) is 5.51. The summed E-state index contributed by atoms with van der Waals surface area (Å²) in [5.74, 6) is 0.322. The fourth-order valence-corrected chi connectivity index (χ4v) is 2.51. The number of aromatic amines is 1. The van der Waals surface area contributed by atoms with E-state index in [0.29, 0.717) is 22.4 Å². The van der Waals surface area contributed by atoms with Crippen LogP contribution in [-0.4, -0.2) is 55.1 Å². The Morgan fingerprint density at radius 3 is 2.65 bits per heavy atom. The number of nitrogens with zero attached hydrogens (tertiary/aromatic N) is 2. The van der Waals surface area contributed by atoms with Gasteiger partial charge >= 0.3 is 0 Å². The number of anilines is 1. The number of rotatable bonds is 2. The number of hydrogen-bond donors (Lipinski definition) is 6. The van der Waals surface area contributed by atoms with E-state index in [1.807, 2.05) is 0 Å². The molecule has 2 aromatic heterocycles. The maximum absolute atomic E-state index is 10.0. The van der Waals surface area contributed by atoms with Crippen molar-refractivity contribution < 1.29 is 15.3 Å². The van der Waals surface area contributed by atoms with Crippen LogP contribution >= 0.6 is 12.4 Å². The van der Waals surface area contributed by atoms with Crippen LogP contribution in [0.5, 0.6) is 0 Å². The largest absolute Gasteiger partial charge is 0.395 e. The molecule has 8 nitrogen and oxygen atoms in total. The minimum atomic E-state index is -1.03. The molecule has 2 aromatic rings. The molecular formula is C11H16ClN5O3. The maximum Gasteiger partial charge on any atom is 0.151 e. The summed E-state index contributed by atoms with van der Waals surface area (Å²) in [6, 6.07) is -1.08. The number of H-pyrrole nitrogens is 1. The van der Waals surface area contributed by atoms with Crippen molar-refractivity contribution in [3.8, 4) is 0 Å². The number of nitrogens with two attached hydrogens (primary N) is 1. The van der Waals surface area contributed by atoms with Crippen molar-refractivity contribution in [1.82, 2.24) is 20.3 Å². The Bertz CT molecular complexity index is 607. The van der Waals surface area contributed by atoms with Gasteiger partial charge in [0.05, 0.1) is 30.3 Å². The number of aliphatic hydroxyl groups is 3. The average Bonchev–Trinajstić information content (AvgIpc) is 2.94. The van der Waals surface area contributed by atoms with Crippen LogP contribution in [0.25, 0.3) is 11.0 Å². The number of nitrogens with one attached hydrogen (secondary N) is 2. The summed E-state index contributed by atoms with van der Waals surface area (Å²) in [6.07, 6.45) is 0.964. The van der Waals surface area contributed by atoms with Crippen LogP contribution in [0.15, 0.2) is 12.5 Å². The minimum absolute atomic E-state index is 0. The topological polar surface area (TPSA) is 140 Å². The first-order valence-electron chi connectivity index (χ1n) is 5.94. The van der Waals surface area contributed by atoms with E-state index in [0.717, 1.165) is 0 Å². The van der Waals surface area contributed by atoms with Crippen molar-refractivity contribution in [2.75, 3.05) is 12.3 Å². The second-order valence-electron chi connectivity index (χ2n) is 4.64. The van der Waals surface area contributed by atoms with Crippen molar-refractivity contribution in [3.05, 3.63) is 18.1 Å². The highest BCUT2D eigenvalue weighted by atomic mass is 35.5. The quantitative estimate of drug-likeness (QED) is 0.404. The van der Waals surface area contributed by atoms with E-state index in [9.17, 15) is 10.2 Å². The molecule has 0 unspecified atom stereocenters. The van der Waals surface area contributed by atoms with Gasteiger partial charge in [-0.1, -0.05) is 0 Å². The fourth-order valence-electron chi connectivity index (χ4n) is 2.51. The summed E-state index contributed by atoms with van der Waals surface area (Å²) in [7, 11) is 0. The Morgan fingerprint density at radius 1 is 1.25 bits per heavy atom. The molecular weight excluding hydrogens is 286 g/mol. The average molecular weight is 302 g/mol. The third-order valence-corrected chi connectivity index (χ3v) is 3.55. The Labute approximate surface area is 120 Å². The summed E-state index contributed by atoms with van der Waals surface area (Å²) in [5.41, 5.74) is 7.60. The maximum atomic E-state index is 10.0. The monoisotopic (exact) mass is 301 g/mol. The number of fused-ring (bicyclic) bond motifs is 1. The lowest BCUT2D eigenvalue weighted by Crippen LogP contribution is -2.35. The molecule has 0 saturated carbocycles. The van der Waals surface area contributed by atoms with Gasteiger partial charge in [-0.2, -0.15) is 0 Å². The molecule has 0 bridgehead atoms. The Balaban J connectivity index is 0.00000147. The summed E-state index contributed by atoms with van der Waals surface area (Å²) >= 11 is 0. The van der Waals surface area contributed by atoms with Crippen molar-refractivity contribution in [3.63, 3.8) is 0 Å². The molecule has 1 aliphatic heterocycles. The molecule has 110 valence electrons. The number of nitrogen functional groups attached to an aromatic ring is 1. The van der Waals surface area contributed by atoms with Crippen molar-refractivity contribution in [2.24, 2.45) is 0 Å². The van der Waals surface area contributed by atoms with Gasteiger partial charge in [0, 0.05) is 11.8 Å². The van der Waals surface area contributed by atoms with E-state index in [2.05, 4.69) is 20.3 Å². The van der Waals surface area contributed by atoms with Crippen molar-refractivity contribution in [2.45, 2.75) is 24.3 Å². The zero-order valence-corrected chi connectivity index (χ0v) is 11.2. The smallest absolute Gasteiger partial charge is 0.151 e. The number of aliphatic hydroxyl groups excluding tert-OH is 3. The van der Waals surface area contributed by atoms with E-state index in [-0.39, 0.29) is 19.0 Å². The highest BCUT2D eigenvalue weighted by Gasteiger charge is 2.42. The molecule has 7 N–H and O–H groups in total. The Kier molecular flexibility index (Phi) is 4.11. The van der Waals surface area contributed by atoms with Gasteiger partial charge in [0.1, 0.15) is 17.9 Å². The van der Waals surface area contributed by atoms with E-state index in [1.54, 1.807) is 6.20 Å². The van der Waals surface area contributed by atoms with Crippen LogP contribution in [0.1, 0.15) is 11.6 Å². The molecule has 0 aromatic carbocycles. The third kappa shape index (κ3) is 2.11. The number of aromatic nitrogens is 3. The predicted octanol–water partition coefficient (Wildman–Crippen LogP) is -1.31. The summed E-state index contributed by atoms with van der Waals surface area (Å²) in [4.78, 5) is 11.0. The van der Waals surface area contributed by atoms with Gasteiger partial charge < -0.3 is 31.4 Å². The van der Waals surface area contributed by atoms with E-state index in [4.69, 9.17) is 10.8 Å². The van der Waals surface area contributed by atoms with Crippen molar-refractivity contribution >= 4 is 29.3 Å². The lowest BCUT2D eigenvalue weighted by Gasteiger charge is -2.14. The van der Waals surface area contributed by atoms with Gasteiger partial charge in [-0.15, -0.1) is 12.4 Å². The van der Waals surface area contributed by atoms with E-state index in [1.165, 1.54) is 6.33 Å². The normalized spacial score (nSPS) is 29.6. The van der Waals surface area contributed by atoms with Gasteiger partial charge in [0.15, 0.2) is 5.82 Å². The van der Waals surface area contributed by atoms with Gasteiger partial charge in [-0.05, 0) is 0 Å². The van der Waals surface area contributed by atoms with Gasteiger partial charge in [-0.25, -0.2) is 9.97 Å². The third-order valence-electron chi connectivity index (χ3n) is 3.55. The molecule has 0 aliphatic carbocycles. The second-order valence-corrected chi connectivity index (χ2v) is 4.64. The molecule has 3 heterocycles. The first kappa shape index (κ1) is 14.9. The molecule has 0 radical (unpaired) electrons. The van der Waals surface area contributed by atoms with E-state index < -0.39 is 24.3 Å². The molecule has 20 heavy (non-hydrogen) atoms. The summed E-state index contributed by atoms with van der Waals surface area (Å²) in [5, 5.41) is 32.0. The van der Waals surface area contributed by atoms with Gasteiger partial charge in [-0.3, -0.25) is 0 Å². The SMILES string of the molecule is Cl.Nc1ncnc2c([C@@H]3N[C@H](CO)[C@@H](O)[C@H]3O)c[nH]c12. The molecule has 1 saturated heterocycles. The molecule has 1 fully saturated rings. The Hall–Kier alpha value is -1.45. The molecule has 9 heteroatoms. The standard InChI is InChI=1S/C11H15N5O3.ClH/c12-11-8-6(14-3-15-11)4(1-13-8)7-10(19)9(18)5(2-17)16-7;/h1,3,5,7,9-10,13,16-19H,2H2,(H2,12,14,15);1H/t5-,7+,9-,10+;/m1./s1. The summed E-state index contributed by atoms with van der Waals surface area (Å²) < 4.78 is 0. The highest BCUT2D eigenvalue weighted by molar-refractivity contribution is 5.87. The number of halogens is 1. The minimum Gasteiger partial charge on any atom is -0.395 e. The molecule has 3 rings (SSSR count). The number of hydrogen-bond acceptors (Lipinski definition) is 7. The van der Waals surface area contributed by atoms with Crippen LogP contribution in [0.3, 0.4) is 0 Å². The fraction of sp³-hybridized carbons (Fsp3) is 0.455. The lowest BCUT2D eigenvalue weighted by atomic mass is 10.0. The lowest BCUT2D eigenvalue weighted by molar-refractivity contribution is 0.0196.